The zero-order chi connectivity index (χ0) is 19.8. The van der Waals surface area contributed by atoms with Gasteiger partial charge in [-0.2, -0.15) is 0 Å². The van der Waals surface area contributed by atoms with Crippen molar-refractivity contribution in [1.29, 1.82) is 0 Å². The molecule has 1 N–H and O–H groups in total. The van der Waals surface area contributed by atoms with Gasteiger partial charge in [-0.05, 0) is 66.2 Å². The summed E-state index contributed by atoms with van der Waals surface area (Å²) < 4.78 is 2.31. The first-order chi connectivity index (χ1) is 14.2. The molecule has 29 heavy (non-hydrogen) atoms. The maximum atomic E-state index is 4.90. The zero-order valence-electron chi connectivity index (χ0n) is 17.2. The first kappa shape index (κ1) is 18.3. The van der Waals surface area contributed by atoms with Gasteiger partial charge in [-0.1, -0.05) is 50.2 Å². The number of aromatic nitrogens is 3. The third-order valence-corrected chi connectivity index (χ3v) is 6.04. The highest BCUT2D eigenvalue weighted by Crippen LogP contribution is 2.35. The van der Waals surface area contributed by atoms with Crippen LogP contribution in [0.5, 0.6) is 0 Å². The summed E-state index contributed by atoms with van der Waals surface area (Å²) in [7, 11) is 0. The molecular weight excluding hydrogens is 356 g/mol. The van der Waals surface area contributed by atoms with Crippen LogP contribution in [0, 0.1) is 5.92 Å². The number of hydrogen-bond acceptors (Lipinski definition) is 3. The smallest absolute Gasteiger partial charge is 0.160 e. The minimum atomic E-state index is 0.481. The Bertz CT molecular complexity index is 1150. The fourth-order valence-electron chi connectivity index (χ4n) is 4.63. The molecule has 0 unspecified atom stereocenters. The Hall–Kier alpha value is -2.72. The first-order valence-corrected chi connectivity index (χ1v) is 10.7. The van der Waals surface area contributed by atoms with Gasteiger partial charge in [-0.15, -0.1) is 0 Å². The van der Waals surface area contributed by atoms with Crippen molar-refractivity contribution in [2.24, 2.45) is 5.92 Å². The molecule has 148 valence electrons. The number of nitrogens with one attached hydrogen (secondary N) is 1. The third-order valence-electron chi connectivity index (χ3n) is 6.04. The second-order valence-corrected chi connectivity index (χ2v) is 8.62. The molecule has 4 heteroatoms. The lowest BCUT2D eigenvalue weighted by Gasteiger charge is -2.24. The van der Waals surface area contributed by atoms with Crippen molar-refractivity contribution < 1.29 is 0 Å². The Labute approximate surface area is 172 Å². The van der Waals surface area contributed by atoms with Gasteiger partial charge in [0.05, 0.1) is 6.33 Å². The normalized spacial score (nSPS) is 15.6. The lowest BCUT2D eigenvalue weighted by Crippen LogP contribution is -2.29. The molecule has 0 spiro atoms. The van der Waals surface area contributed by atoms with Crippen LogP contribution >= 0.6 is 0 Å². The van der Waals surface area contributed by atoms with Gasteiger partial charge in [0.2, 0.25) is 0 Å². The van der Waals surface area contributed by atoms with Gasteiger partial charge in [-0.3, -0.25) is 0 Å². The van der Waals surface area contributed by atoms with E-state index in [0.29, 0.717) is 12.0 Å². The summed E-state index contributed by atoms with van der Waals surface area (Å²) in [6, 6.07) is 15.8. The van der Waals surface area contributed by atoms with E-state index in [4.69, 9.17) is 9.97 Å². The fraction of sp³-hybridized carbons (Fsp3) is 0.360. The second-order valence-electron chi connectivity index (χ2n) is 8.62. The summed E-state index contributed by atoms with van der Waals surface area (Å²) >= 11 is 0. The van der Waals surface area contributed by atoms with Crippen LogP contribution in [-0.2, 0) is 6.42 Å². The molecule has 4 aromatic rings. The van der Waals surface area contributed by atoms with Gasteiger partial charge in [0.15, 0.2) is 5.65 Å². The monoisotopic (exact) mass is 384 g/mol. The molecule has 1 saturated heterocycles. The van der Waals surface area contributed by atoms with E-state index in [9.17, 15) is 0 Å². The van der Waals surface area contributed by atoms with Crippen molar-refractivity contribution in [3.05, 3.63) is 60.6 Å². The SMILES string of the molecule is CC(C)Cc1cnc2c(ncn2C2CCNCC2)c1-c1ccc2ccccc2c1. The third kappa shape index (κ3) is 3.42. The number of imidazole rings is 1. The number of hydrogen-bond donors (Lipinski definition) is 1. The lowest BCUT2D eigenvalue weighted by molar-refractivity contribution is 0.373. The molecule has 2 aromatic heterocycles. The summed E-state index contributed by atoms with van der Waals surface area (Å²) in [6.07, 6.45) is 7.37. The molecular formula is C25H28N4. The molecule has 5 rings (SSSR count). The zero-order valence-corrected chi connectivity index (χ0v) is 17.2. The van der Waals surface area contributed by atoms with E-state index >= 15 is 0 Å². The van der Waals surface area contributed by atoms with Gasteiger partial charge in [0.25, 0.3) is 0 Å². The average Bonchev–Trinajstić information content (AvgIpc) is 3.17. The van der Waals surface area contributed by atoms with Crippen LogP contribution in [0.3, 0.4) is 0 Å². The fourth-order valence-corrected chi connectivity index (χ4v) is 4.63. The highest BCUT2D eigenvalue weighted by Gasteiger charge is 2.21. The minimum absolute atomic E-state index is 0.481. The van der Waals surface area contributed by atoms with E-state index in [1.165, 1.54) is 27.5 Å². The Kier molecular flexibility index (Phi) is 4.80. The van der Waals surface area contributed by atoms with Crippen LogP contribution in [0.15, 0.2) is 55.0 Å². The van der Waals surface area contributed by atoms with Crippen LogP contribution in [-0.4, -0.2) is 27.6 Å². The molecule has 0 saturated carbocycles. The molecule has 1 fully saturated rings. The van der Waals surface area contributed by atoms with E-state index in [1.807, 2.05) is 6.33 Å². The van der Waals surface area contributed by atoms with Gasteiger partial charge < -0.3 is 9.88 Å². The molecule has 1 aliphatic heterocycles. The molecule has 0 radical (unpaired) electrons. The molecule has 3 heterocycles. The van der Waals surface area contributed by atoms with E-state index in [1.54, 1.807) is 0 Å². The van der Waals surface area contributed by atoms with Gasteiger partial charge >= 0.3 is 0 Å². The second kappa shape index (κ2) is 7.60. The quantitative estimate of drug-likeness (QED) is 0.514. The van der Waals surface area contributed by atoms with Crippen molar-refractivity contribution in [3.63, 3.8) is 0 Å². The standard InChI is InChI=1S/C25H28N4/c1-17(2)13-21-15-27-25-24(28-16-29(25)22-9-11-26-12-10-22)23(21)20-8-7-18-5-3-4-6-19(18)14-20/h3-8,14-17,22,26H,9-13H2,1-2H3. The summed E-state index contributed by atoms with van der Waals surface area (Å²) in [5.74, 6) is 0.569. The van der Waals surface area contributed by atoms with Gasteiger partial charge in [0.1, 0.15) is 5.52 Å². The van der Waals surface area contributed by atoms with Crippen LogP contribution in [0.2, 0.25) is 0 Å². The predicted molar refractivity (Wildman–Crippen MR) is 120 cm³/mol. The number of piperidine rings is 1. The molecule has 0 bridgehead atoms. The highest BCUT2D eigenvalue weighted by molar-refractivity contribution is 5.96. The van der Waals surface area contributed by atoms with E-state index in [-0.39, 0.29) is 0 Å². The number of pyridine rings is 1. The van der Waals surface area contributed by atoms with Crippen molar-refractivity contribution >= 4 is 21.9 Å². The van der Waals surface area contributed by atoms with Crippen molar-refractivity contribution in [2.75, 3.05) is 13.1 Å². The van der Waals surface area contributed by atoms with Crippen LogP contribution in [0.25, 0.3) is 33.1 Å². The maximum absolute atomic E-state index is 4.90. The maximum Gasteiger partial charge on any atom is 0.160 e. The van der Waals surface area contributed by atoms with E-state index in [2.05, 4.69) is 72.4 Å². The van der Waals surface area contributed by atoms with E-state index in [0.717, 1.165) is 43.5 Å². The summed E-state index contributed by atoms with van der Waals surface area (Å²) in [5, 5.41) is 5.99. The summed E-state index contributed by atoms with van der Waals surface area (Å²) in [4.78, 5) is 9.80. The van der Waals surface area contributed by atoms with Crippen LogP contribution in [0.1, 0.15) is 38.3 Å². The van der Waals surface area contributed by atoms with Crippen molar-refractivity contribution in [2.45, 2.75) is 39.2 Å². The Morgan fingerprint density at radius 1 is 1.03 bits per heavy atom. The van der Waals surface area contributed by atoms with Gasteiger partial charge in [-0.25, -0.2) is 9.97 Å². The molecule has 0 atom stereocenters. The van der Waals surface area contributed by atoms with Crippen molar-refractivity contribution in [3.8, 4) is 11.1 Å². The first-order valence-electron chi connectivity index (χ1n) is 10.7. The number of benzene rings is 2. The van der Waals surface area contributed by atoms with Crippen molar-refractivity contribution in [1.82, 2.24) is 19.9 Å². The van der Waals surface area contributed by atoms with Gasteiger partial charge in [0, 0.05) is 17.8 Å². The predicted octanol–water partition coefficient (Wildman–Crippen LogP) is 5.37. The lowest BCUT2D eigenvalue weighted by atomic mass is 9.93. The number of fused-ring (bicyclic) bond motifs is 2. The Morgan fingerprint density at radius 3 is 2.62 bits per heavy atom. The molecule has 2 aromatic carbocycles. The molecule has 0 aliphatic carbocycles. The Balaban J connectivity index is 1.70. The topological polar surface area (TPSA) is 42.7 Å². The van der Waals surface area contributed by atoms with Crippen LogP contribution < -0.4 is 5.32 Å². The molecule has 1 aliphatic rings. The molecule has 4 nitrogen and oxygen atoms in total. The number of nitrogens with zero attached hydrogens (tertiary/aromatic N) is 3. The number of rotatable bonds is 4. The summed E-state index contributed by atoms with van der Waals surface area (Å²) in [6.45, 7) is 6.66. The van der Waals surface area contributed by atoms with Crippen LogP contribution in [0.4, 0.5) is 0 Å². The highest BCUT2D eigenvalue weighted by atomic mass is 15.1. The van der Waals surface area contributed by atoms with E-state index < -0.39 is 0 Å². The summed E-state index contributed by atoms with van der Waals surface area (Å²) in [5.41, 5.74) is 5.84. The molecule has 0 amide bonds. The average molecular weight is 385 g/mol. The minimum Gasteiger partial charge on any atom is -0.317 e. The Morgan fingerprint density at radius 2 is 1.83 bits per heavy atom. The largest absolute Gasteiger partial charge is 0.317 e.